The van der Waals surface area contributed by atoms with Gasteiger partial charge in [-0.05, 0) is 66.5 Å². The van der Waals surface area contributed by atoms with E-state index >= 15 is 0 Å². The molecule has 2 amide bonds. The fourth-order valence-electron chi connectivity index (χ4n) is 4.08. The van der Waals surface area contributed by atoms with Gasteiger partial charge in [0.25, 0.3) is 5.91 Å². The first kappa shape index (κ1) is 30.4. The maximum Gasteiger partial charge on any atom is 0.417 e. The molecule has 0 aliphatic carbocycles. The normalized spacial score (nSPS) is 17.0. The molecule has 8 nitrogen and oxygen atoms in total. The van der Waals surface area contributed by atoms with Gasteiger partial charge in [0.15, 0.2) is 9.84 Å². The summed E-state index contributed by atoms with van der Waals surface area (Å²) in [5.41, 5.74) is -0.601. The fraction of sp³-hybridized carbons (Fsp3) is 0.296. The maximum absolute atomic E-state index is 14.4. The minimum Gasteiger partial charge on any atom is -0.444 e. The monoisotopic (exact) mass is 657 g/mol. The van der Waals surface area contributed by atoms with Gasteiger partial charge in [-0.15, -0.1) is 0 Å². The van der Waals surface area contributed by atoms with E-state index in [9.17, 15) is 35.6 Å². The highest BCUT2D eigenvalue weighted by Crippen LogP contribution is 2.36. The molecule has 0 unspecified atom stereocenters. The smallest absolute Gasteiger partial charge is 0.417 e. The third-order valence-electron chi connectivity index (χ3n) is 5.95. The zero-order valence-corrected chi connectivity index (χ0v) is 24.3. The van der Waals surface area contributed by atoms with Crippen molar-refractivity contribution in [3.63, 3.8) is 0 Å². The maximum atomic E-state index is 14.4. The third-order valence-corrected chi connectivity index (χ3v) is 8.33. The first-order chi connectivity index (χ1) is 18.9. The van der Waals surface area contributed by atoms with Crippen molar-refractivity contribution in [2.75, 3.05) is 10.7 Å². The fourth-order valence-corrected chi connectivity index (χ4v) is 6.02. The minimum atomic E-state index is -4.52. The number of hydrogen-bond donors (Lipinski definition) is 1. The molecule has 4 rings (SSSR count). The number of pyridine rings is 1. The Morgan fingerprint density at radius 3 is 2.34 bits per heavy atom. The molecule has 3 aromatic rings. The second kappa shape index (κ2) is 11.0. The Balaban J connectivity index is 1.68. The number of alkyl carbamates (subject to hydrolysis) is 1. The van der Waals surface area contributed by atoms with E-state index in [2.05, 4.69) is 26.2 Å². The standard InChI is InChI=1S/C27H24BrF4N3O5S/c1-26(2,3)40-25(37)34-21-14-41(38,39)23-11-19(29)18(28)10-22(23)35(24(21)36)13-15-4-6-16(7-5-15)20-9-8-17(12-33-20)27(30,31)32/h4-12,21H,13-14H2,1-3H3,(H,34,37)/t21-/m0/s1. The molecule has 0 fully saturated rings. The van der Waals surface area contributed by atoms with Crippen LogP contribution in [0.1, 0.15) is 31.9 Å². The summed E-state index contributed by atoms with van der Waals surface area (Å²) in [6, 6.07) is 8.95. The van der Waals surface area contributed by atoms with Crippen LogP contribution in [0.5, 0.6) is 0 Å². The number of nitrogens with one attached hydrogen (secondary N) is 1. The number of benzene rings is 2. The highest BCUT2D eigenvalue weighted by Gasteiger charge is 2.40. The molecular weight excluding hydrogens is 634 g/mol. The van der Waals surface area contributed by atoms with Crippen LogP contribution in [0.3, 0.4) is 0 Å². The van der Waals surface area contributed by atoms with Crippen molar-refractivity contribution in [1.82, 2.24) is 10.3 Å². The van der Waals surface area contributed by atoms with Crippen molar-refractivity contribution in [2.45, 2.75) is 50.0 Å². The molecule has 14 heteroatoms. The van der Waals surface area contributed by atoms with Crippen LogP contribution in [0.15, 0.2) is 64.1 Å². The predicted octanol–water partition coefficient (Wildman–Crippen LogP) is 5.88. The number of rotatable bonds is 4. The quantitative estimate of drug-likeness (QED) is 0.351. The van der Waals surface area contributed by atoms with Crippen LogP contribution < -0.4 is 10.2 Å². The van der Waals surface area contributed by atoms with Gasteiger partial charge in [-0.25, -0.2) is 17.6 Å². The van der Waals surface area contributed by atoms with Crippen molar-refractivity contribution < 1.29 is 40.3 Å². The van der Waals surface area contributed by atoms with Gasteiger partial charge in [0.2, 0.25) is 0 Å². The van der Waals surface area contributed by atoms with Crippen LogP contribution in [0, 0.1) is 5.82 Å². The highest BCUT2D eigenvalue weighted by atomic mass is 79.9. The summed E-state index contributed by atoms with van der Waals surface area (Å²) in [6.07, 6.45) is -4.80. The molecule has 41 heavy (non-hydrogen) atoms. The minimum absolute atomic E-state index is 0.0773. The van der Waals surface area contributed by atoms with Crippen LogP contribution in [0.4, 0.5) is 28.0 Å². The Kier molecular flexibility index (Phi) is 8.20. The van der Waals surface area contributed by atoms with Gasteiger partial charge in [-0.1, -0.05) is 24.3 Å². The first-order valence-electron chi connectivity index (χ1n) is 12.1. The second-order valence-electron chi connectivity index (χ2n) is 10.3. The van der Waals surface area contributed by atoms with E-state index in [1.807, 2.05) is 0 Å². The number of sulfone groups is 1. The van der Waals surface area contributed by atoms with E-state index in [-0.39, 0.29) is 22.4 Å². The van der Waals surface area contributed by atoms with Crippen molar-refractivity contribution in [3.05, 3.63) is 76.1 Å². The number of halogens is 5. The molecule has 1 aliphatic rings. The Morgan fingerprint density at radius 1 is 1.12 bits per heavy atom. The van der Waals surface area contributed by atoms with Crippen molar-refractivity contribution in [1.29, 1.82) is 0 Å². The van der Waals surface area contributed by atoms with Crippen molar-refractivity contribution >= 4 is 43.5 Å². The third kappa shape index (κ3) is 7.04. The molecule has 2 aromatic carbocycles. The number of carbonyl (C=O) groups is 2. The molecule has 0 saturated carbocycles. The summed E-state index contributed by atoms with van der Waals surface area (Å²) >= 11 is 3.04. The Morgan fingerprint density at radius 2 is 1.78 bits per heavy atom. The lowest BCUT2D eigenvalue weighted by Crippen LogP contribution is -2.51. The van der Waals surface area contributed by atoms with E-state index in [1.54, 1.807) is 45.0 Å². The molecule has 1 N–H and O–H groups in total. The summed E-state index contributed by atoms with van der Waals surface area (Å²) in [6.45, 7) is 4.63. The SMILES string of the molecule is CC(C)(C)OC(=O)N[C@H]1CS(=O)(=O)c2cc(F)c(Br)cc2N(Cc2ccc(-c3ccc(C(F)(F)F)cn3)cc2)C1=O. The largest absolute Gasteiger partial charge is 0.444 e. The summed E-state index contributed by atoms with van der Waals surface area (Å²) in [7, 11) is -4.25. The number of hydrogen-bond acceptors (Lipinski definition) is 6. The highest BCUT2D eigenvalue weighted by molar-refractivity contribution is 9.10. The molecule has 0 spiro atoms. The van der Waals surface area contributed by atoms with E-state index in [0.717, 1.165) is 23.2 Å². The van der Waals surface area contributed by atoms with E-state index in [4.69, 9.17) is 4.74 Å². The molecule has 0 bridgehead atoms. The topological polar surface area (TPSA) is 106 Å². The summed E-state index contributed by atoms with van der Waals surface area (Å²) < 4.78 is 84.6. The molecule has 218 valence electrons. The Bertz CT molecular complexity index is 1590. The number of aromatic nitrogens is 1. The van der Waals surface area contributed by atoms with Gasteiger partial charge in [-0.3, -0.25) is 9.78 Å². The second-order valence-corrected chi connectivity index (χ2v) is 13.1. The summed E-state index contributed by atoms with van der Waals surface area (Å²) in [5, 5.41) is 2.32. The van der Waals surface area contributed by atoms with Gasteiger partial charge in [0, 0.05) is 11.8 Å². The van der Waals surface area contributed by atoms with Crippen LogP contribution >= 0.6 is 15.9 Å². The number of alkyl halides is 3. The number of ether oxygens (including phenoxy) is 1. The predicted molar refractivity (Wildman–Crippen MR) is 145 cm³/mol. The van der Waals surface area contributed by atoms with E-state index in [0.29, 0.717) is 11.1 Å². The number of carbonyl (C=O) groups excluding carboxylic acids is 2. The Hall–Kier alpha value is -3.52. The number of fused-ring (bicyclic) bond motifs is 1. The lowest BCUT2D eigenvalue weighted by molar-refractivity contribution is -0.137. The van der Waals surface area contributed by atoms with Crippen LogP contribution in [-0.2, 0) is 32.1 Å². The molecule has 1 atom stereocenters. The average molecular weight is 658 g/mol. The van der Waals surface area contributed by atoms with Crippen LogP contribution in [0.2, 0.25) is 0 Å². The molecule has 0 saturated heterocycles. The van der Waals surface area contributed by atoms with E-state index < -0.39 is 61.7 Å². The molecular formula is C27H24BrF4N3O5S. The van der Waals surface area contributed by atoms with Crippen molar-refractivity contribution in [3.8, 4) is 11.3 Å². The zero-order chi connectivity index (χ0) is 30.3. The molecule has 0 radical (unpaired) electrons. The molecule has 1 aliphatic heterocycles. The molecule has 1 aromatic heterocycles. The zero-order valence-electron chi connectivity index (χ0n) is 21.9. The van der Waals surface area contributed by atoms with Gasteiger partial charge < -0.3 is 15.0 Å². The Labute approximate surface area is 241 Å². The van der Waals surface area contributed by atoms with Gasteiger partial charge in [0.05, 0.1) is 38.6 Å². The lowest BCUT2D eigenvalue weighted by atomic mass is 10.1. The average Bonchev–Trinajstić information content (AvgIpc) is 2.92. The van der Waals surface area contributed by atoms with Crippen LogP contribution in [0.25, 0.3) is 11.3 Å². The van der Waals surface area contributed by atoms with Gasteiger partial charge in [0.1, 0.15) is 17.5 Å². The number of amides is 2. The van der Waals surface area contributed by atoms with E-state index in [1.165, 1.54) is 12.1 Å². The van der Waals surface area contributed by atoms with Gasteiger partial charge >= 0.3 is 12.3 Å². The number of anilines is 1. The summed E-state index contributed by atoms with van der Waals surface area (Å²) in [4.78, 5) is 30.7. The summed E-state index contributed by atoms with van der Waals surface area (Å²) in [5.74, 6) is -2.45. The number of nitrogens with zero attached hydrogens (tertiary/aromatic N) is 2. The molecule has 2 heterocycles. The van der Waals surface area contributed by atoms with Crippen LogP contribution in [-0.4, -0.2) is 42.8 Å². The lowest BCUT2D eigenvalue weighted by Gasteiger charge is -2.27. The van der Waals surface area contributed by atoms with Crippen molar-refractivity contribution in [2.24, 2.45) is 0 Å². The first-order valence-corrected chi connectivity index (χ1v) is 14.5. The van der Waals surface area contributed by atoms with Gasteiger partial charge in [-0.2, -0.15) is 13.2 Å².